The molecule has 0 amide bonds. The van der Waals surface area contributed by atoms with Gasteiger partial charge in [-0.3, -0.25) is 15.0 Å². The van der Waals surface area contributed by atoms with Crippen molar-refractivity contribution in [1.29, 1.82) is 5.26 Å². The molecule has 1 aromatic rings. The average molecular weight is 278 g/mol. The van der Waals surface area contributed by atoms with Crippen molar-refractivity contribution in [2.75, 3.05) is 26.2 Å². The van der Waals surface area contributed by atoms with Crippen molar-refractivity contribution in [3.05, 3.63) is 39.7 Å². The van der Waals surface area contributed by atoms with E-state index >= 15 is 0 Å². The zero-order valence-electron chi connectivity index (χ0n) is 10.9. The first-order chi connectivity index (χ1) is 9.63. The van der Waals surface area contributed by atoms with Crippen LogP contribution in [0.5, 0.6) is 0 Å². The molecule has 0 saturated carbocycles. The molecule has 1 N–H and O–H groups in total. The fourth-order valence-electron chi connectivity index (χ4n) is 2.47. The third-order valence-electron chi connectivity index (χ3n) is 3.42. The smallest absolute Gasteiger partial charge is 0.274 e. The van der Waals surface area contributed by atoms with Crippen LogP contribution in [0.2, 0.25) is 0 Å². The number of rotatable bonds is 4. The molecule has 1 aliphatic heterocycles. The van der Waals surface area contributed by atoms with Crippen LogP contribution in [0.3, 0.4) is 0 Å². The minimum Gasteiger partial charge on any atom is -0.314 e. The zero-order valence-corrected chi connectivity index (χ0v) is 10.9. The Balaban J connectivity index is 2.39. The maximum atomic E-state index is 13.4. The summed E-state index contributed by atoms with van der Waals surface area (Å²) < 4.78 is 13.4. The topological polar surface area (TPSA) is 82.2 Å². The molecule has 1 aromatic carbocycles. The molecule has 20 heavy (non-hydrogen) atoms. The van der Waals surface area contributed by atoms with Crippen LogP contribution < -0.4 is 5.32 Å². The maximum Gasteiger partial charge on any atom is 0.274 e. The Labute approximate surface area is 116 Å². The van der Waals surface area contributed by atoms with E-state index in [0.717, 1.165) is 25.2 Å². The molecule has 1 heterocycles. The molecule has 0 radical (unpaired) electrons. The number of nitrogens with zero attached hydrogens (tertiary/aromatic N) is 3. The fraction of sp³-hybridized carbons (Fsp3) is 0.462. The van der Waals surface area contributed by atoms with Gasteiger partial charge >= 0.3 is 0 Å². The van der Waals surface area contributed by atoms with E-state index in [9.17, 15) is 14.5 Å². The predicted octanol–water partition coefficient (Wildman–Crippen LogP) is 1.59. The second kappa shape index (κ2) is 6.41. The Morgan fingerprint density at radius 2 is 2.20 bits per heavy atom. The molecule has 106 valence electrons. The van der Waals surface area contributed by atoms with E-state index in [1.165, 1.54) is 6.07 Å². The van der Waals surface area contributed by atoms with Gasteiger partial charge in [-0.15, -0.1) is 0 Å². The van der Waals surface area contributed by atoms with Crippen molar-refractivity contribution in [1.82, 2.24) is 10.2 Å². The molecule has 7 heteroatoms. The first kappa shape index (κ1) is 14.4. The summed E-state index contributed by atoms with van der Waals surface area (Å²) in [4.78, 5) is 12.6. The largest absolute Gasteiger partial charge is 0.314 e. The van der Waals surface area contributed by atoms with E-state index in [2.05, 4.69) is 5.32 Å². The van der Waals surface area contributed by atoms with Gasteiger partial charge in [0.15, 0.2) is 0 Å². The minimum absolute atomic E-state index is 0.101. The van der Waals surface area contributed by atoms with Crippen molar-refractivity contribution in [3.63, 3.8) is 0 Å². The Morgan fingerprint density at radius 3 is 2.80 bits per heavy atom. The van der Waals surface area contributed by atoms with Gasteiger partial charge in [0, 0.05) is 32.2 Å². The molecule has 1 aliphatic rings. The number of halogens is 1. The number of nitriles is 1. The molecular weight excluding hydrogens is 263 g/mol. The van der Waals surface area contributed by atoms with Crippen molar-refractivity contribution >= 4 is 5.69 Å². The zero-order chi connectivity index (χ0) is 14.5. The summed E-state index contributed by atoms with van der Waals surface area (Å²) in [5.74, 6) is -0.524. The molecule has 1 fully saturated rings. The number of hydrogen-bond donors (Lipinski definition) is 1. The number of benzene rings is 1. The lowest BCUT2D eigenvalue weighted by molar-refractivity contribution is -0.386. The van der Waals surface area contributed by atoms with Crippen molar-refractivity contribution in [3.8, 4) is 6.07 Å². The second-order valence-electron chi connectivity index (χ2n) is 4.62. The summed E-state index contributed by atoms with van der Waals surface area (Å²) in [6, 6.07) is 5.00. The molecule has 6 nitrogen and oxygen atoms in total. The molecule has 1 atom stereocenters. The van der Waals surface area contributed by atoms with E-state index in [4.69, 9.17) is 5.26 Å². The average Bonchev–Trinajstić information content (AvgIpc) is 2.45. The molecular formula is C13H15FN4O2. The van der Waals surface area contributed by atoms with Crippen molar-refractivity contribution in [2.24, 2.45) is 0 Å². The van der Waals surface area contributed by atoms with Gasteiger partial charge in [-0.2, -0.15) is 5.26 Å². The van der Waals surface area contributed by atoms with E-state index in [1.54, 1.807) is 0 Å². The monoisotopic (exact) mass is 278 g/mol. The van der Waals surface area contributed by atoms with E-state index in [-0.39, 0.29) is 17.7 Å². The highest BCUT2D eigenvalue weighted by molar-refractivity contribution is 5.43. The van der Waals surface area contributed by atoms with E-state index < -0.39 is 16.8 Å². The van der Waals surface area contributed by atoms with Gasteiger partial charge in [0.1, 0.15) is 5.82 Å². The Bertz CT molecular complexity index is 538. The minimum atomic E-state index is -0.526. The normalized spacial score (nSPS) is 17.4. The van der Waals surface area contributed by atoms with Crippen LogP contribution in [0.25, 0.3) is 0 Å². The first-order valence-electron chi connectivity index (χ1n) is 6.39. The molecule has 0 unspecified atom stereocenters. The number of piperazine rings is 1. The highest BCUT2D eigenvalue weighted by atomic mass is 19.1. The Hall–Kier alpha value is -2.04. The molecule has 0 bridgehead atoms. The highest BCUT2D eigenvalue weighted by Gasteiger charge is 2.28. The summed E-state index contributed by atoms with van der Waals surface area (Å²) in [5, 5.41) is 23.2. The van der Waals surface area contributed by atoms with Crippen LogP contribution in [0, 0.1) is 27.3 Å². The van der Waals surface area contributed by atoms with Crippen molar-refractivity contribution < 1.29 is 9.31 Å². The van der Waals surface area contributed by atoms with Gasteiger partial charge in [-0.05, 0) is 12.1 Å². The van der Waals surface area contributed by atoms with Gasteiger partial charge in [-0.1, -0.05) is 0 Å². The summed E-state index contributed by atoms with van der Waals surface area (Å²) in [7, 11) is 0. The van der Waals surface area contributed by atoms with Crippen molar-refractivity contribution in [2.45, 2.75) is 12.5 Å². The standard InChI is InChI=1S/C13H15FN4O2/c14-10-1-2-13(18(19)20)11(9-10)12(3-4-15)17-7-5-16-6-8-17/h1-2,9,12,16H,3,5-8H2/t12-/m0/s1. The van der Waals surface area contributed by atoms with Gasteiger partial charge in [-0.25, -0.2) is 4.39 Å². The quantitative estimate of drug-likeness (QED) is 0.668. The lowest BCUT2D eigenvalue weighted by atomic mass is 9.99. The number of nitro benzene ring substituents is 1. The third-order valence-corrected chi connectivity index (χ3v) is 3.42. The third kappa shape index (κ3) is 3.10. The van der Waals surface area contributed by atoms with Crippen LogP contribution >= 0.6 is 0 Å². The van der Waals surface area contributed by atoms with Crippen LogP contribution in [0.1, 0.15) is 18.0 Å². The van der Waals surface area contributed by atoms with Crippen LogP contribution in [-0.2, 0) is 0 Å². The number of nitrogens with one attached hydrogen (secondary N) is 1. The lowest BCUT2D eigenvalue weighted by Crippen LogP contribution is -2.45. The molecule has 2 rings (SSSR count). The lowest BCUT2D eigenvalue weighted by Gasteiger charge is -2.33. The summed E-state index contributed by atoms with van der Waals surface area (Å²) in [6.45, 7) is 2.87. The Morgan fingerprint density at radius 1 is 1.50 bits per heavy atom. The summed E-state index contributed by atoms with van der Waals surface area (Å²) in [5.41, 5.74) is 0.142. The molecule has 1 saturated heterocycles. The van der Waals surface area contributed by atoms with Gasteiger partial charge in [0.2, 0.25) is 0 Å². The van der Waals surface area contributed by atoms with Gasteiger partial charge in [0.25, 0.3) is 5.69 Å². The second-order valence-corrected chi connectivity index (χ2v) is 4.62. The summed E-state index contributed by atoms with van der Waals surface area (Å²) in [6.07, 6.45) is 0.101. The van der Waals surface area contributed by atoms with Crippen LogP contribution in [0.4, 0.5) is 10.1 Å². The fourth-order valence-corrected chi connectivity index (χ4v) is 2.47. The molecule has 0 aromatic heterocycles. The van der Waals surface area contributed by atoms with Crippen LogP contribution in [-0.4, -0.2) is 36.0 Å². The van der Waals surface area contributed by atoms with Gasteiger partial charge in [0.05, 0.1) is 29.0 Å². The van der Waals surface area contributed by atoms with E-state index in [0.29, 0.717) is 13.1 Å². The highest BCUT2D eigenvalue weighted by Crippen LogP contribution is 2.32. The van der Waals surface area contributed by atoms with E-state index in [1.807, 2.05) is 11.0 Å². The molecule has 0 spiro atoms. The molecule has 0 aliphatic carbocycles. The summed E-state index contributed by atoms with van der Waals surface area (Å²) >= 11 is 0. The number of nitro groups is 1. The van der Waals surface area contributed by atoms with Crippen LogP contribution in [0.15, 0.2) is 18.2 Å². The van der Waals surface area contributed by atoms with Gasteiger partial charge < -0.3 is 5.32 Å². The maximum absolute atomic E-state index is 13.4. The first-order valence-corrected chi connectivity index (χ1v) is 6.39. The number of hydrogen-bond acceptors (Lipinski definition) is 5. The SMILES string of the molecule is N#CC[C@@H](c1cc(F)ccc1[N+](=O)[O-])N1CCNCC1. The Kier molecular flexibility index (Phi) is 4.61. The predicted molar refractivity (Wildman–Crippen MR) is 70.5 cm³/mol.